The molecule has 3 aromatic carbocycles. The van der Waals surface area contributed by atoms with Crippen molar-refractivity contribution in [3.05, 3.63) is 107 Å². The minimum Gasteiger partial charge on any atom is -0.448 e. The lowest BCUT2D eigenvalue weighted by molar-refractivity contribution is 0.0886. The smallest absolute Gasteiger partial charge is 0.407 e. The van der Waals surface area contributed by atoms with Gasteiger partial charge in [0.1, 0.15) is 6.61 Å². The molecule has 1 N–H and O–H groups in total. The quantitative estimate of drug-likeness (QED) is 0.316. The fourth-order valence-corrected chi connectivity index (χ4v) is 4.36. The van der Waals surface area contributed by atoms with Gasteiger partial charge in [-0.2, -0.15) is 0 Å². The van der Waals surface area contributed by atoms with Gasteiger partial charge in [0.05, 0.1) is 11.0 Å². The minimum absolute atomic E-state index is 0.0328. The molecule has 4 rings (SSSR count). The molecule has 0 saturated carbocycles. The molecule has 0 aliphatic carbocycles. The number of fused-ring (bicyclic) bond motifs is 1. The number of benzene rings is 3. The number of amides is 1. The zero-order chi connectivity index (χ0) is 25.3. The molecule has 7 nitrogen and oxygen atoms in total. The first-order chi connectivity index (χ1) is 17.5. The number of imidazole rings is 1. The lowest BCUT2D eigenvalue weighted by Gasteiger charge is -2.29. The number of aryl methyl sites for hydroxylation is 2. The van der Waals surface area contributed by atoms with Gasteiger partial charge in [-0.25, -0.2) is 9.59 Å². The third-order valence-corrected chi connectivity index (χ3v) is 6.42. The van der Waals surface area contributed by atoms with E-state index in [1.165, 1.54) is 11.1 Å². The van der Waals surface area contributed by atoms with Crippen LogP contribution in [0.2, 0.25) is 0 Å². The number of hydrogen-bond donors (Lipinski definition) is 1. The van der Waals surface area contributed by atoms with E-state index in [1.54, 1.807) is 16.2 Å². The first kappa shape index (κ1) is 25.3. The van der Waals surface area contributed by atoms with E-state index in [-0.39, 0.29) is 18.3 Å². The third kappa shape index (κ3) is 6.43. The molecule has 1 amide bonds. The van der Waals surface area contributed by atoms with Crippen LogP contribution in [0.1, 0.15) is 24.5 Å². The Balaban J connectivity index is 1.27. The molecule has 0 radical (unpaired) electrons. The van der Waals surface area contributed by atoms with Crippen LogP contribution in [0.5, 0.6) is 0 Å². The molecule has 0 aliphatic heterocycles. The molecule has 0 aliphatic rings. The zero-order valence-corrected chi connectivity index (χ0v) is 21.0. The largest absolute Gasteiger partial charge is 0.448 e. The van der Waals surface area contributed by atoms with Crippen LogP contribution in [0.4, 0.5) is 4.79 Å². The van der Waals surface area contributed by atoms with E-state index < -0.39 is 6.09 Å². The van der Waals surface area contributed by atoms with E-state index in [2.05, 4.69) is 41.4 Å². The average molecular weight is 487 g/mol. The van der Waals surface area contributed by atoms with Crippen molar-refractivity contribution in [1.82, 2.24) is 19.4 Å². The Morgan fingerprint density at radius 3 is 2.06 bits per heavy atom. The third-order valence-electron chi connectivity index (χ3n) is 6.42. The highest BCUT2D eigenvalue weighted by atomic mass is 16.5. The summed E-state index contributed by atoms with van der Waals surface area (Å²) in [7, 11) is 1.77. The average Bonchev–Trinajstić information content (AvgIpc) is 3.15. The molecule has 4 aromatic rings. The van der Waals surface area contributed by atoms with Crippen molar-refractivity contribution in [3.63, 3.8) is 0 Å². The number of para-hydroxylation sites is 2. The van der Waals surface area contributed by atoms with Crippen LogP contribution in [0.3, 0.4) is 0 Å². The number of ether oxygens (including phenoxy) is 1. The first-order valence-corrected chi connectivity index (χ1v) is 12.4. The van der Waals surface area contributed by atoms with E-state index in [0.29, 0.717) is 19.5 Å². The van der Waals surface area contributed by atoms with Gasteiger partial charge in [-0.1, -0.05) is 72.8 Å². The van der Waals surface area contributed by atoms with Gasteiger partial charge in [0.2, 0.25) is 0 Å². The highest BCUT2D eigenvalue weighted by molar-refractivity contribution is 5.75. The zero-order valence-electron chi connectivity index (χ0n) is 21.0. The van der Waals surface area contributed by atoms with Gasteiger partial charge >= 0.3 is 11.8 Å². The van der Waals surface area contributed by atoms with E-state index in [9.17, 15) is 9.59 Å². The Morgan fingerprint density at radius 1 is 0.889 bits per heavy atom. The molecule has 0 spiro atoms. The molecule has 0 bridgehead atoms. The topological polar surface area (TPSA) is 68.5 Å². The summed E-state index contributed by atoms with van der Waals surface area (Å²) in [4.78, 5) is 27.2. The van der Waals surface area contributed by atoms with Crippen LogP contribution in [-0.4, -0.2) is 39.3 Å². The second kappa shape index (κ2) is 12.2. The number of carbonyl (C=O) groups is 1. The summed E-state index contributed by atoms with van der Waals surface area (Å²) in [5.41, 5.74) is 4.18. The summed E-state index contributed by atoms with van der Waals surface area (Å²) in [6.07, 6.45) is 0.193. The summed E-state index contributed by atoms with van der Waals surface area (Å²) >= 11 is 0. The number of carbonyl (C=O) groups excluding carboxylic acids is 1. The maximum atomic E-state index is 12.5. The van der Waals surface area contributed by atoms with Gasteiger partial charge in [-0.05, 0) is 36.6 Å². The second-order valence-corrected chi connectivity index (χ2v) is 9.09. The van der Waals surface area contributed by atoms with Gasteiger partial charge in [0, 0.05) is 39.3 Å². The SMILES string of the molecule is C[C@@H](COC(=O)NCCCn1c(=O)n(C)c2ccccc21)N(Cc1ccccc1)Cc1ccccc1. The van der Waals surface area contributed by atoms with Gasteiger partial charge in [0.15, 0.2) is 0 Å². The van der Waals surface area contributed by atoms with Crippen LogP contribution < -0.4 is 11.0 Å². The van der Waals surface area contributed by atoms with Crippen molar-refractivity contribution >= 4 is 17.1 Å². The Bertz CT molecular complexity index is 1270. The Hall–Kier alpha value is -3.84. The lowest BCUT2D eigenvalue weighted by atomic mass is 10.1. The molecule has 0 fully saturated rings. The predicted molar refractivity (Wildman–Crippen MR) is 143 cm³/mol. The summed E-state index contributed by atoms with van der Waals surface area (Å²) < 4.78 is 8.94. The number of alkyl carbamates (subject to hydrolysis) is 1. The van der Waals surface area contributed by atoms with Gasteiger partial charge < -0.3 is 10.1 Å². The second-order valence-electron chi connectivity index (χ2n) is 9.09. The molecular weight excluding hydrogens is 452 g/mol. The predicted octanol–water partition coefficient (Wildman–Crippen LogP) is 4.55. The summed E-state index contributed by atoms with van der Waals surface area (Å²) in [5.74, 6) is 0. The fourth-order valence-electron chi connectivity index (χ4n) is 4.36. The van der Waals surface area contributed by atoms with Gasteiger partial charge in [-0.3, -0.25) is 14.0 Å². The van der Waals surface area contributed by atoms with E-state index in [1.807, 2.05) is 60.7 Å². The lowest BCUT2D eigenvalue weighted by Crippen LogP contribution is -2.38. The molecule has 0 unspecified atom stereocenters. The Kier molecular flexibility index (Phi) is 8.57. The molecule has 0 saturated heterocycles. The van der Waals surface area contributed by atoms with Gasteiger partial charge in [0.25, 0.3) is 0 Å². The maximum Gasteiger partial charge on any atom is 0.407 e. The van der Waals surface area contributed by atoms with Crippen molar-refractivity contribution in [1.29, 1.82) is 0 Å². The summed E-state index contributed by atoms with van der Waals surface area (Å²) in [5, 5.41) is 2.82. The van der Waals surface area contributed by atoms with Crippen LogP contribution in [-0.2, 0) is 31.4 Å². The van der Waals surface area contributed by atoms with Crippen LogP contribution in [0.25, 0.3) is 11.0 Å². The molecule has 1 heterocycles. The number of aromatic nitrogens is 2. The highest BCUT2D eigenvalue weighted by Gasteiger charge is 2.17. The maximum absolute atomic E-state index is 12.5. The van der Waals surface area contributed by atoms with Crippen molar-refractivity contribution < 1.29 is 9.53 Å². The molecule has 1 aromatic heterocycles. The van der Waals surface area contributed by atoms with Crippen molar-refractivity contribution in [2.24, 2.45) is 7.05 Å². The van der Waals surface area contributed by atoms with E-state index >= 15 is 0 Å². The van der Waals surface area contributed by atoms with Crippen molar-refractivity contribution in [2.45, 2.75) is 39.0 Å². The Morgan fingerprint density at radius 2 is 1.44 bits per heavy atom. The number of hydrogen-bond acceptors (Lipinski definition) is 4. The molecule has 1 atom stereocenters. The minimum atomic E-state index is -0.438. The molecule has 7 heteroatoms. The monoisotopic (exact) mass is 486 g/mol. The normalized spacial score (nSPS) is 12.1. The number of rotatable bonds is 11. The van der Waals surface area contributed by atoms with Crippen LogP contribution in [0.15, 0.2) is 89.7 Å². The van der Waals surface area contributed by atoms with E-state index in [0.717, 1.165) is 24.1 Å². The standard InChI is InChI=1S/C29H34N4O3/c1-23(32(20-24-12-5-3-6-13-24)21-25-14-7-4-8-15-25)22-36-28(34)30-18-11-19-33-27-17-10-9-16-26(27)31(2)29(33)35/h3-10,12-17,23H,11,18-22H2,1-2H3,(H,30,34)/t23-/m0/s1. The molecular formula is C29H34N4O3. The molecule has 188 valence electrons. The highest BCUT2D eigenvalue weighted by Crippen LogP contribution is 2.14. The van der Waals surface area contributed by atoms with E-state index in [4.69, 9.17) is 4.74 Å². The van der Waals surface area contributed by atoms with Crippen molar-refractivity contribution in [2.75, 3.05) is 13.2 Å². The summed E-state index contributed by atoms with van der Waals surface area (Å²) in [6.45, 7) is 4.85. The first-order valence-electron chi connectivity index (χ1n) is 12.4. The van der Waals surface area contributed by atoms with Crippen LogP contribution >= 0.6 is 0 Å². The number of nitrogens with one attached hydrogen (secondary N) is 1. The summed E-state index contributed by atoms with van der Waals surface area (Å²) in [6, 6.07) is 28.4. The Labute approximate surface area is 211 Å². The van der Waals surface area contributed by atoms with Crippen molar-refractivity contribution in [3.8, 4) is 0 Å². The fraction of sp³-hybridized carbons (Fsp3) is 0.310. The van der Waals surface area contributed by atoms with Crippen LogP contribution in [0, 0.1) is 0 Å². The number of nitrogens with zero attached hydrogens (tertiary/aromatic N) is 3. The van der Waals surface area contributed by atoms with Gasteiger partial charge in [-0.15, -0.1) is 0 Å². The molecule has 36 heavy (non-hydrogen) atoms.